The molecular weight excluding hydrogens is 243 g/mol. The summed E-state index contributed by atoms with van der Waals surface area (Å²) in [6, 6.07) is 4.99. The average Bonchev–Trinajstić information content (AvgIpc) is 2.86. The van der Waals surface area contributed by atoms with Crippen LogP contribution < -0.4 is 5.32 Å². The molecule has 0 aliphatic rings. The fraction of sp³-hybridized carbons (Fsp3) is 0.429. The van der Waals surface area contributed by atoms with Gasteiger partial charge in [0, 0.05) is 18.2 Å². The van der Waals surface area contributed by atoms with E-state index < -0.39 is 0 Å². The summed E-state index contributed by atoms with van der Waals surface area (Å²) in [4.78, 5) is 0. The van der Waals surface area contributed by atoms with Crippen LogP contribution in [0.3, 0.4) is 0 Å². The third-order valence-electron chi connectivity index (χ3n) is 3.24. The van der Waals surface area contributed by atoms with Gasteiger partial charge in [-0.05, 0) is 38.1 Å². The van der Waals surface area contributed by atoms with Crippen molar-refractivity contribution in [3.05, 3.63) is 35.8 Å². The van der Waals surface area contributed by atoms with E-state index in [1.54, 1.807) is 12.3 Å². The molecule has 1 N–H and O–H groups in total. The number of nitrogens with zero attached hydrogens (tertiary/aromatic N) is 3. The van der Waals surface area contributed by atoms with Gasteiger partial charge in [0.05, 0.1) is 11.9 Å². The Kier molecular flexibility index (Phi) is 4.27. The molecule has 102 valence electrons. The summed E-state index contributed by atoms with van der Waals surface area (Å²) < 4.78 is 15.4. The average molecular weight is 262 g/mol. The van der Waals surface area contributed by atoms with Crippen LogP contribution in [0.2, 0.25) is 0 Å². The number of hydrogen-bond acceptors (Lipinski definition) is 3. The third-order valence-corrected chi connectivity index (χ3v) is 3.24. The summed E-state index contributed by atoms with van der Waals surface area (Å²) in [5.74, 6) is -0.244. The number of rotatable bonds is 5. The molecule has 0 bridgehead atoms. The van der Waals surface area contributed by atoms with Crippen LogP contribution in [0, 0.1) is 5.82 Å². The second-order valence-corrected chi connectivity index (χ2v) is 4.58. The standard InChI is InChI=1S/C14H19FN4/c1-4-7-19-14(9-17-18-19)13-8-11(15)5-6-12(13)10(2)16-3/h5-6,8-10,16H,4,7H2,1-3H3. The van der Waals surface area contributed by atoms with Crippen molar-refractivity contribution in [1.29, 1.82) is 0 Å². The topological polar surface area (TPSA) is 42.7 Å². The van der Waals surface area contributed by atoms with E-state index in [2.05, 4.69) is 22.6 Å². The van der Waals surface area contributed by atoms with Crippen LogP contribution >= 0.6 is 0 Å². The highest BCUT2D eigenvalue weighted by Gasteiger charge is 2.15. The first-order valence-corrected chi connectivity index (χ1v) is 6.53. The second-order valence-electron chi connectivity index (χ2n) is 4.58. The lowest BCUT2D eigenvalue weighted by molar-refractivity contribution is 0.581. The van der Waals surface area contributed by atoms with Gasteiger partial charge in [-0.15, -0.1) is 5.10 Å². The molecule has 0 saturated heterocycles. The van der Waals surface area contributed by atoms with Gasteiger partial charge in [-0.2, -0.15) is 0 Å². The minimum atomic E-state index is -0.244. The van der Waals surface area contributed by atoms with Crippen LogP contribution in [0.15, 0.2) is 24.4 Å². The van der Waals surface area contributed by atoms with Crippen molar-refractivity contribution in [2.24, 2.45) is 0 Å². The molecular formula is C14H19FN4. The molecule has 0 amide bonds. The molecule has 19 heavy (non-hydrogen) atoms. The lowest BCUT2D eigenvalue weighted by atomic mass is 9.99. The van der Waals surface area contributed by atoms with Crippen molar-refractivity contribution >= 4 is 0 Å². The van der Waals surface area contributed by atoms with Crippen LogP contribution in [0.4, 0.5) is 4.39 Å². The van der Waals surface area contributed by atoms with Gasteiger partial charge in [0.1, 0.15) is 5.82 Å². The van der Waals surface area contributed by atoms with E-state index in [-0.39, 0.29) is 11.9 Å². The molecule has 1 heterocycles. The van der Waals surface area contributed by atoms with Gasteiger partial charge in [-0.25, -0.2) is 9.07 Å². The fourth-order valence-electron chi connectivity index (χ4n) is 2.13. The lowest BCUT2D eigenvalue weighted by Gasteiger charge is -2.16. The maximum absolute atomic E-state index is 13.6. The summed E-state index contributed by atoms with van der Waals surface area (Å²) in [5, 5.41) is 11.2. The summed E-state index contributed by atoms with van der Waals surface area (Å²) in [7, 11) is 1.89. The zero-order chi connectivity index (χ0) is 13.8. The number of aromatic nitrogens is 3. The van der Waals surface area contributed by atoms with Crippen LogP contribution in [0.25, 0.3) is 11.3 Å². The normalized spacial score (nSPS) is 12.6. The Morgan fingerprint density at radius 1 is 1.42 bits per heavy atom. The number of nitrogens with one attached hydrogen (secondary N) is 1. The number of halogens is 1. The largest absolute Gasteiger partial charge is 0.313 e. The molecule has 1 aromatic carbocycles. The Morgan fingerprint density at radius 2 is 2.21 bits per heavy atom. The molecule has 1 unspecified atom stereocenters. The molecule has 0 aliphatic heterocycles. The number of hydrogen-bond donors (Lipinski definition) is 1. The zero-order valence-electron chi connectivity index (χ0n) is 11.5. The molecule has 4 nitrogen and oxygen atoms in total. The molecule has 0 spiro atoms. The number of benzene rings is 1. The molecule has 0 saturated carbocycles. The Labute approximate surface area is 112 Å². The van der Waals surface area contributed by atoms with E-state index in [4.69, 9.17) is 0 Å². The van der Waals surface area contributed by atoms with Gasteiger partial charge in [0.25, 0.3) is 0 Å². The summed E-state index contributed by atoms with van der Waals surface area (Å²) in [5.41, 5.74) is 2.75. The minimum Gasteiger partial charge on any atom is -0.313 e. The SMILES string of the molecule is CCCn1nncc1-c1cc(F)ccc1C(C)NC. The second kappa shape index (κ2) is 5.93. The summed E-state index contributed by atoms with van der Waals surface area (Å²) >= 11 is 0. The molecule has 0 fully saturated rings. The van der Waals surface area contributed by atoms with Crippen molar-refractivity contribution in [3.8, 4) is 11.3 Å². The molecule has 1 aromatic heterocycles. The van der Waals surface area contributed by atoms with Crippen molar-refractivity contribution < 1.29 is 4.39 Å². The molecule has 0 radical (unpaired) electrons. The van der Waals surface area contributed by atoms with Crippen LogP contribution in [0.1, 0.15) is 31.9 Å². The third kappa shape index (κ3) is 2.81. The molecule has 5 heteroatoms. The van der Waals surface area contributed by atoms with Crippen LogP contribution in [0.5, 0.6) is 0 Å². The van der Waals surface area contributed by atoms with E-state index in [1.807, 2.05) is 24.7 Å². The fourth-order valence-corrected chi connectivity index (χ4v) is 2.13. The summed E-state index contributed by atoms with van der Waals surface area (Å²) in [6.45, 7) is 4.90. The van der Waals surface area contributed by atoms with Gasteiger partial charge in [0.15, 0.2) is 0 Å². The lowest BCUT2D eigenvalue weighted by Crippen LogP contribution is -2.14. The maximum Gasteiger partial charge on any atom is 0.123 e. The first-order valence-electron chi connectivity index (χ1n) is 6.53. The molecule has 0 aliphatic carbocycles. The van der Waals surface area contributed by atoms with Crippen LogP contribution in [-0.4, -0.2) is 22.0 Å². The highest BCUT2D eigenvalue weighted by Crippen LogP contribution is 2.28. The van der Waals surface area contributed by atoms with Gasteiger partial charge < -0.3 is 5.32 Å². The van der Waals surface area contributed by atoms with Gasteiger partial charge in [-0.3, -0.25) is 0 Å². The highest BCUT2D eigenvalue weighted by molar-refractivity contribution is 5.64. The quantitative estimate of drug-likeness (QED) is 0.901. The van der Waals surface area contributed by atoms with E-state index >= 15 is 0 Å². The minimum absolute atomic E-state index is 0.139. The van der Waals surface area contributed by atoms with E-state index in [0.717, 1.165) is 29.8 Å². The van der Waals surface area contributed by atoms with Crippen molar-refractivity contribution in [3.63, 3.8) is 0 Å². The summed E-state index contributed by atoms with van der Waals surface area (Å²) in [6.07, 6.45) is 2.65. The Morgan fingerprint density at radius 3 is 2.89 bits per heavy atom. The Balaban J connectivity index is 2.53. The first kappa shape index (κ1) is 13.7. The van der Waals surface area contributed by atoms with Gasteiger partial charge >= 0.3 is 0 Å². The van der Waals surface area contributed by atoms with Crippen molar-refractivity contribution in [2.75, 3.05) is 7.05 Å². The van der Waals surface area contributed by atoms with Gasteiger partial charge in [0.2, 0.25) is 0 Å². The van der Waals surface area contributed by atoms with E-state index in [9.17, 15) is 4.39 Å². The molecule has 1 atom stereocenters. The maximum atomic E-state index is 13.6. The van der Waals surface area contributed by atoms with E-state index in [0.29, 0.717) is 0 Å². The van der Waals surface area contributed by atoms with Crippen LogP contribution in [-0.2, 0) is 6.54 Å². The van der Waals surface area contributed by atoms with Crippen molar-refractivity contribution in [1.82, 2.24) is 20.3 Å². The predicted octanol–water partition coefficient (Wildman–Crippen LogP) is 2.77. The monoisotopic (exact) mass is 262 g/mol. The molecule has 2 aromatic rings. The van der Waals surface area contributed by atoms with E-state index in [1.165, 1.54) is 6.07 Å². The van der Waals surface area contributed by atoms with Crippen molar-refractivity contribution in [2.45, 2.75) is 32.9 Å². The smallest absolute Gasteiger partial charge is 0.123 e. The number of aryl methyl sites for hydroxylation is 1. The Bertz CT molecular complexity index is 550. The zero-order valence-corrected chi connectivity index (χ0v) is 11.5. The molecule has 2 rings (SSSR count). The first-order chi connectivity index (χ1) is 9.17. The highest BCUT2D eigenvalue weighted by atomic mass is 19.1. The Hall–Kier alpha value is -1.75. The predicted molar refractivity (Wildman–Crippen MR) is 73.2 cm³/mol. The van der Waals surface area contributed by atoms with Gasteiger partial charge in [-0.1, -0.05) is 18.2 Å².